The van der Waals surface area contributed by atoms with Crippen molar-refractivity contribution in [2.45, 2.75) is 38.1 Å². The highest BCUT2D eigenvalue weighted by Crippen LogP contribution is 2.30. The molecule has 37 heavy (non-hydrogen) atoms. The molecule has 1 aromatic heterocycles. The van der Waals surface area contributed by atoms with Gasteiger partial charge < -0.3 is 15.5 Å². The summed E-state index contributed by atoms with van der Waals surface area (Å²) in [6.45, 7) is 0.726. The molecule has 0 bridgehead atoms. The number of para-hydroxylation sites is 1. The van der Waals surface area contributed by atoms with Crippen molar-refractivity contribution in [3.63, 3.8) is 0 Å². The molecule has 1 fully saturated rings. The van der Waals surface area contributed by atoms with Gasteiger partial charge in [-0.1, -0.05) is 66.7 Å². The van der Waals surface area contributed by atoms with Crippen LogP contribution in [0.4, 0.5) is 11.5 Å². The predicted octanol–water partition coefficient (Wildman–Crippen LogP) is 6.29. The van der Waals surface area contributed by atoms with Crippen molar-refractivity contribution in [1.82, 2.24) is 10.3 Å². The van der Waals surface area contributed by atoms with E-state index >= 15 is 0 Å². The molecule has 2 N–H and O–H groups in total. The molecule has 5 rings (SSSR count). The first-order valence-electron chi connectivity index (χ1n) is 13.3. The molecule has 0 aliphatic heterocycles. The molecule has 0 saturated heterocycles. The van der Waals surface area contributed by atoms with Gasteiger partial charge in [0, 0.05) is 49.4 Å². The number of rotatable bonds is 8. The second kappa shape index (κ2) is 11.5. The molecule has 4 aromatic rings. The zero-order valence-electron chi connectivity index (χ0n) is 21.8. The Labute approximate surface area is 219 Å². The first-order chi connectivity index (χ1) is 18.1. The van der Waals surface area contributed by atoms with Gasteiger partial charge >= 0.3 is 0 Å². The Kier molecular flexibility index (Phi) is 7.69. The largest absolute Gasteiger partial charge is 0.377 e. The number of benzene rings is 3. The normalized spacial score (nSPS) is 17.4. The van der Waals surface area contributed by atoms with Crippen LogP contribution in [0, 0.1) is 5.92 Å². The summed E-state index contributed by atoms with van der Waals surface area (Å²) < 4.78 is 0. The lowest BCUT2D eigenvalue weighted by Crippen LogP contribution is -2.34. The topological polar surface area (TPSA) is 57.3 Å². The maximum absolute atomic E-state index is 13.1. The Morgan fingerprint density at radius 3 is 2.38 bits per heavy atom. The molecule has 190 valence electrons. The standard InChI is InChI=1S/C32H36N4O/c1-36(2)30-21-31(35-29-15-9-8-14-28(29)30)34-26-18-16-24(17-19-26)22-33-32(37)27-13-7-6-12-25(27)20-23-10-4-3-5-11-23/h3-15,21,24,26H,16-20,22H2,1-2H3,(H,33,37)(H,34,35). The molecule has 1 saturated carbocycles. The number of hydrogen-bond acceptors (Lipinski definition) is 4. The minimum absolute atomic E-state index is 0.0309. The van der Waals surface area contributed by atoms with Crippen LogP contribution in [-0.2, 0) is 6.42 Å². The van der Waals surface area contributed by atoms with E-state index < -0.39 is 0 Å². The molecule has 3 aromatic carbocycles. The van der Waals surface area contributed by atoms with Crippen LogP contribution in [0.1, 0.15) is 47.2 Å². The fourth-order valence-electron chi connectivity index (χ4n) is 5.37. The van der Waals surface area contributed by atoms with Gasteiger partial charge in [0.2, 0.25) is 0 Å². The summed E-state index contributed by atoms with van der Waals surface area (Å²) in [5.74, 6) is 1.47. The van der Waals surface area contributed by atoms with Crippen molar-refractivity contribution in [3.05, 3.63) is 102 Å². The maximum atomic E-state index is 13.1. The van der Waals surface area contributed by atoms with Crippen LogP contribution < -0.4 is 15.5 Å². The number of carbonyl (C=O) groups excluding carboxylic acids is 1. The van der Waals surface area contributed by atoms with E-state index in [1.54, 1.807) is 0 Å². The molecule has 1 aliphatic carbocycles. The third-order valence-corrected chi connectivity index (χ3v) is 7.43. The molecular formula is C32H36N4O. The van der Waals surface area contributed by atoms with Gasteiger partial charge in [-0.3, -0.25) is 4.79 Å². The zero-order chi connectivity index (χ0) is 25.6. The highest BCUT2D eigenvalue weighted by Gasteiger charge is 2.23. The Morgan fingerprint density at radius 1 is 0.892 bits per heavy atom. The maximum Gasteiger partial charge on any atom is 0.251 e. The Bertz CT molecular complexity index is 1340. The Morgan fingerprint density at radius 2 is 1.59 bits per heavy atom. The molecular weight excluding hydrogens is 456 g/mol. The highest BCUT2D eigenvalue weighted by atomic mass is 16.1. The second-order valence-electron chi connectivity index (χ2n) is 10.3. The van der Waals surface area contributed by atoms with Gasteiger partial charge in [0.25, 0.3) is 5.91 Å². The number of carbonyl (C=O) groups is 1. The smallest absolute Gasteiger partial charge is 0.251 e. The van der Waals surface area contributed by atoms with Gasteiger partial charge in [-0.2, -0.15) is 0 Å². The highest BCUT2D eigenvalue weighted by molar-refractivity contribution is 5.96. The molecule has 0 atom stereocenters. The fourth-order valence-corrected chi connectivity index (χ4v) is 5.37. The van der Waals surface area contributed by atoms with Crippen molar-refractivity contribution >= 4 is 28.3 Å². The van der Waals surface area contributed by atoms with Gasteiger partial charge in [0.1, 0.15) is 5.82 Å². The third-order valence-electron chi connectivity index (χ3n) is 7.43. The molecule has 0 spiro atoms. The van der Waals surface area contributed by atoms with Crippen molar-refractivity contribution in [1.29, 1.82) is 0 Å². The van der Waals surface area contributed by atoms with Gasteiger partial charge in [-0.25, -0.2) is 4.98 Å². The van der Waals surface area contributed by atoms with E-state index in [9.17, 15) is 4.79 Å². The van der Waals surface area contributed by atoms with E-state index in [4.69, 9.17) is 4.98 Å². The zero-order valence-corrected chi connectivity index (χ0v) is 21.8. The number of nitrogens with zero attached hydrogens (tertiary/aromatic N) is 2. The Balaban J connectivity index is 1.15. The summed E-state index contributed by atoms with van der Waals surface area (Å²) in [7, 11) is 4.15. The predicted molar refractivity (Wildman–Crippen MR) is 153 cm³/mol. The molecule has 5 nitrogen and oxygen atoms in total. The van der Waals surface area contributed by atoms with Gasteiger partial charge in [-0.05, 0) is 61.3 Å². The van der Waals surface area contributed by atoms with Crippen LogP contribution >= 0.6 is 0 Å². The lowest BCUT2D eigenvalue weighted by Gasteiger charge is -2.30. The van der Waals surface area contributed by atoms with E-state index in [1.807, 2.05) is 42.5 Å². The third kappa shape index (κ3) is 6.11. The fraction of sp³-hybridized carbons (Fsp3) is 0.312. The van der Waals surface area contributed by atoms with E-state index in [1.165, 1.54) is 16.6 Å². The summed E-state index contributed by atoms with van der Waals surface area (Å²) >= 11 is 0. The molecule has 0 unspecified atom stereocenters. The number of aromatic nitrogens is 1. The van der Waals surface area contributed by atoms with Crippen LogP contribution in [0.5, 0.6) is 0 Å². The second-order valence-corrected chi connectivity index (χ2v) is 10.3. The van der Waals surface area contributed by atoms with Crippen molar-refractivity contribution in [3.8, 4) is 0 Å². The van der Waals surface area contributed by atoms with E-state index in [-0.39, 0.29) is 5.91 Å². The first-order valence-corrected chi connectivity index (χ1v) is 13.3. The van der Waals surface area contributed by atoms with E-state index in [0.717, 1.165) is 61.1 Å². The number of fused-ring (bicyclic) bond motifs is 1. The number of amides is 1. The molecule has 1 heterocycles. The average Bonchev–Trinajstić information content (AvgIpc) is 2.93. The van der Waals surface area contributed by atoms with Gasteiger partial charge in [0.15, 0.2) is 0 Å². The summed E-state index contributed by atoms with van der Waals surface area (Å²) in [4.78, 5) is 20.1. The number of anilines is 2. The van der Waals surface area contributed by atoms with Crippen LogP contribution in [0.2, 0.25) is 0 Å². The number of pyridine rings is 1. The van der Waals surface area contributed by atoms with Gasteiger partial charge in [0.05, 0.1) is 5.52 Å². The SMILES string of the molecule is CN(C)c1cc(NC2CCC(CNC(=O)c3ccccc3Cc3ccccc3)CC2)nc2ccccc12. The molecule has 1 aliphatic rings. The van der Waals surface area contributed by atoms with Crippen LogP contribution in [-0.4, -0.2) is 37.6 Å². The lowest BCUT2D eigenvalue weighted by molar-refractivity contribution is 0.0942. The van der Waals surface area contributed by atoms with Gasteiger partial charge in [-0.15, -0.1) is 0 Å². The summed E-state index contributed by atoms with van der Waals surface area (Å²) in [6, 6.07) is 29.1. The summed E-state index contributed by atoms with van der Waals surface area (Å²) in [6.07, 6.45) is 5.11. The number of hydrogen-bond donors (Lipinski definition) is 2. The van der Waals surface area contributed by atoms with E-state index in [0.29, 0.717) is 12.0 Å². The van der Waals surface area contributed by atoms with E-state index in [2.05, 4.69) is 72.1 Å². The van der Waals surface area contributed by atoms with Crippen LogP contribution in [0.3, 0.4) is 0 Å². The average molecular weight is 493 g/mol. The van der Waals surface area contributed by atoms with Crippen LogP contribution in [0.15, 0.2) is 84.9 Å². The monoisotopic (exact) mass is 492 g/mol. The Hall–Kier alpha value is -3.86. The summed E-state index contributed by atoms with van der Waals surface area (Å²) in [5, 5.41) is 8.08. The first kappa shape index (κ1) is 24.8. The quantitative estimate of drug-likeness (QED) is 0.303. The van der Waals surface area contributed by atoms with Crippen molar-refractivity contribution in [2.75, 3.05) is 30.9 Å². The van der Waals surface area contributed by atoms with Crippen LogP contribution in [0.25, 0.3) is 10.9 Å². The molecule has 0 radical (unpaired) electrons. The minimum Gasteiger partial charge on any atom is -0.377 e. The molecule has 5 heteroatoms. The van der Waals surface area contributed by atoms with Crippen molar-refractivity contribution < 1.29 is 4.79 Å². The number of nitrogens with one attached hydrogen (secondary N) is 2. The van der Waals surface area contributed by atoms with Crippen molar-refractivity contribution in [2.24, 2.45) is 5.92 Å². The lowest BCUT2D eigenvalue weighted by atomic mass is 9.86. The summed E-state index contributed by atoms with van der Waals surface area (Å²) in [5.41, 5.74) is 5.25. The minimum atomic E-state index is 0.0309. The molecule has 1 amide bonds.